The second-order valence-corrected chi connectivity index (χ2v) is 4.42. The lowest BCUT2D eigenvalue weighted by molar-refractivity contribution is 0.414. The molecule has 4 N–H and O–H groups in total. The first-order chi connectivity index (χ1) is 8.22. The van der Waals surface area contributed by atoms with Gasteiger partial charge >= 0.3 is 0 Å². The molecule has 0 aliphatic rings. The zero-order valence-corrected chi connectivity index (χ0v) is 10.9. The van der Waals surface area contributed by atoms with Gasteiger partial charge in [0.25, 0.3) is 0 Å². The summed E-state index contributed by atoms with van der Waals surface area (Å²) in [5, 5.41) is 0. The van der Waals surface area contributed by atoms with Gasteiger partial charge in [0.1, 0.15) is 5.75 Å². The van der Waals surface area contributed by atoms with Gasteiger partial charge in [0, 0.05) is 18.5 Å². The van der Waals surface area contributed by atoms with E-state index in [-0.39, 0.29) is 12.0 Å². The molecule has 2 atom stereocenters. The van der Waals surface area contributed by atoms with Gasteiger partial charge in [0.2, 0.25) is 0 Å². The number of ether oxygens (including phenoxy) is 1. The van der Waals surface area contributed by atoms with Crippen molar-refractivity contribution >= 4 is 0 Å². The Hall–Kier alpha value is -1.06. The van der Waals surface area contributed by atoms with Gasteiger partial charge in [0.15, 0.2) is 0 Å². The Morgan fingerprint density at radius 2 is 1.88 bits per heavy atom. The number of nitrogens with two attached hydrogens (primary N) is 2. The maximum absolute atomic E-state index is 6.21. The third kappa shape index (κ3) is 4.02. The molecule has 0 bridgehead atoms. The fraction of sp³-hybridized carbons (Fsp3) is 0.571. The molecule has 17 heavy (non-hydrogen) atoms. The predicted octanol–water partition coefficient (Wildman–Crippen LogP) is 2.25. The zero-order valence-electron chi connectivity index (χ0n) is 10.9. The van der Waals surface area contributed by atoms with Crippen molar-refractivity contribution in [2.24, 2.45) is 11.5 Å². The van der Waals surface area contributed by atoms with E-state index in [1.807, 2.05) is 12.1 Å². The molecule has 2 unspecified atom stereocenters. The van der Waals surface area contributed by atoms with Crippen LogP contribution in [0.5, 0.6) is 5.75 Å². The first-order valence-electron chi connectivity index (χ1n) is 6.32. The second-order valence-electron chi connectivity index (χ2n) is 4.42. The molecule has 0 aromatic heterocycles. The number of unbranched alkanes of at least 4 members (excludes halogenated alkanes) is 1. The molecule has 1 rings (SSSR count). The third-order valence-corrected chi connectivity index (χ3v) is 3.21. The normalized spacial score (nSPS) is 14.4. The first kappa shape index (κ1) is 14.0. The minimum Gasteiger partial charge on any atom is -0.497 e. The predicted molar refractivity (Wildman–Crippen MR) is 72.3 cm³/mol. The van der Waals surface area contributed by atoms with E-state index in [1.54, 1.807) is 7.11 Å². The van der Waals surface area contributed by atoms with Crippen LogP contribution in [0.3, 0.4) is 0 Å². The molecule has 3 heteroatoms. The monoisotopic (exact) mass is 236 g/mol. The smallest absolute Gasteiger partial charge is 0.118 e. The van der Waals surface area contributed by atoms with Crippen LogP contribution in [0.2, 0.25) is 0 Å². The summed E-state index contributed by atoms with van der Waals surface area (Å²) in [6, 6.07) is 8.19. The second kappa shape index (κ2) is 7.30. The number of hydrogen-bond acceptors (Lipinski definition) is 3. The Balaban J connectivity index is 2.70. The summed E-state index contributed by atoms with van der Waals surface area (Å²) >= 11 is 0. The van der Waals surface area contributed by atoms with E-state index in [9.17, 15) is 0 Å². The van der Waals surface area contributed by atoms with Gasteiger partial charge in [-0.25, -0.2) is 0 Å². The Morgan fingerprint density at radius 1 is 1.24 bits per heavy atom. The summed E-state index contributed by atoms with van der Waals surface area (Å²) in [5.41, 5.74) is 13.2. The third-order valence-electron chi connectivity index (χ3n) is 3.21. The quantitative estimate of drug-likeness (QED) is 0.763. The SMILES string of the molecule is CCCCC(N)C(CN)c1ccc(OC)cc1. The summed E-state index contributed by atoms with van der Waals surface area (Å²) in [6.45, 7) is 2.77. The summed E-state index contributed by atoms with van der Waals surface area (Å²) in [4.78, 5) is 0. The molecular weight excluding hydrogens is 212 g/mol. The summed E-state index contributed by atoms with van der Waals surface area (Å²) in [6.07, 6.45) is 3.37. The van der Waals surface area contributed by atoms with E-state index in [0.29, 0.717) is 6.54 Å². The number of methoxy groups -OCH3 is 1. The molecule has 0 heterocycles. The van der Waals surface area contributed by atoms with E-state index in [4.69, 9.17) is 16.2 Å². The van der Waals surface area contributed by atoms with Crippen LogP contribution in [0.1, 0.15) is 37.7 Å². The van der Waals surface area contributed by atoms with Crippen molar-refractivity contribution in [3.63, 3.8) is 0 Å². The highest BCUT2D eigenvalue weighted by Gasteiger charge is 2.17. The van der Waals surface area contributed by atoms with Gasteiger partial charge in [-0.2, -0.15) is 0 Å². The van der Waals surface area contributed by atoms with Crippen molar-refractivity contribution in [1.82, 2.24) is 0 Å². The Kier molecular flexibility index (Phi) is 6.01. The highest BCUT2D eigenvalue weighted by molar-refractivity contribution is 5.30. The lowest BCUT2D eigenvalue weighted by Gasteiger charge is -2.23. The Morgan fingerprint density at radius 3 is 2.35 bits per heavy atom. The van der Waals surface area contributed by atoms with Gasteiger partial charge in [-0.3, -0.25) is 0 Å². The average molecular weight is 236 g/mol. The maximum Gasteiger partial charge on any atom is 0.118 e. The van der Waals surface area contributed by atoms with E-state index < -0.39 is 0 Å². The van der Waals surface area contributed by atoms with Gasteiger partial charge in [0.05, 0.1) is 7.11 Å². The molecule has 0 radical (unpaired) electrons. The first-order valence-corrected chi connectivity index (χ1v) is 6.32. The fourth-order valence-electron chi connectivity index (χ4n) is 2.05. The van der Waals surface area contributed by atoms with E-state index >= 15 is 0 Å². The Labute approximate surface area is 104 Å². The average Bonchev–Trinajstić information content (AvgIpc) is 2.38. The van der Waals surface area contributed by atoms with Crippen molar-refractivity contribution in [3.05, 3.63) is 29.8 Å². The molecule has 0 saturated heterocycles. The molecule has 0 amide bonds. The van der Waals surface area contributed by atoms with Crippen molar-refractivity contribution in [1.29, 1.82) is 0 Å². The lowest BCUT2D eigenvalue weighted by atomic mass is 9.89. The molecule has 0 aliphatic heterocycles. The van der Waals surface area contributed by atoms with Crippen LogP contribution < -0.4 is 16.2 Å². The molecule has 0 spiro atoms. The molecule has 3 nitrogen and oxygen atoms in total. The summed E-state index contributed by atoms with van der Waals surface area (Å²) < 4.78 is 5.15. The molecule has 0 aliphatic carbocycles. The molecular formula is C14H24N2O. The van der Waals surface area contributed by atoms with Gasteiger partial charge in [-0.1, -0.05) is 31.9 Å². The summed E-state index contributed by atoms with van der Waals surface area (Å²) in [5.74, 6) is 1.11. The highest BCUT2D eigenvalue weighted by Crippen LogP contribution is 2.23. The van der Waals surface area contributed by atoms with Crippen LogP contribution in [0, 0.1) is 0 Å². The molecule has 1 aromatic rings. The van der Waals surface area contributed by atoms with Crippen LogP contribution in [0.4, 0.5) is 0 Å². The molecule has 1 aromatic carbocycles. The lowest BCUT2D eigenvalue weighted by Crippen LogP contribution is -2.33. The summed E-state index contributed by atoms with van der Waals surface area (Å²) in [7, 11) is 1.67. The van der Waals surface area contributed by atoms with Crippen LogP contribution in [0.25, 0.3) is 0 Å². The van der Waals surface area contributed by atoms with Crippen molar-refractivity contribution in [2.75, 3.05) is 13.7 Å². The largest absolute Gasteiger partial charge is 0.497 e. The maximum atomic E-state index is 6.21. The van der Waals surface area contributed by atoms with Crippen molar-refractivity contribution in [2.45, 2.75) is 38.1 Å². The highest BCUT2D eigenvalue weighted by atomic mass is 16.5. The van der Waals surface area contributed by atoms with Gasteiger partial charge in [-0.15, -0.1) is 0 Å². The minimum absolute atomic E-state index is 0.147. The number of benzene rings is 1. The molecule has 96 valence electrons. The number of rotatable bonds is 7. The minimum atomic E-state index is 0.147. The van der Waals surface area contributed by atoms with Crippen LogP contribution in [-0.2, 0) is 0 Å². The van der Waals surface area contributed by atoms with Crippen molar-refractivity contribution in [3.8, 4) is 5.75 Å². The standard InChI is InChI=1S/C14H24N2O/c1-3-4-5-14(16)13(10-15)11-6-8-12(17-2)9-7-11/h6-9,13-14H,3-5,10,15-16H2,1-2H3. The van der Waals surface area contributed by atoms with E-state index in [1.165, 1.54) is 12.0 Å². The zero-order chi connectivity index (χ0) is 12.7. The fourth-order valence-corrected chi connectivity index (χ4v) is 2.05. The Bertz CT molecular complexity index is 311. The van der Waals surface area contributed by atoms with Gasteiger partial charge < -0.3 is 16.2 Å². The van der Waals surface area contributed by atoms with Crippen LogP contribution >= 0.6 is 0 Å². The molecule has 0 fully saturated rings. The topological polar surface area (TPSA) is 61.3 Å². The number of hydrogen-bond donors (Lipinski definition) is 2. The van der Waals surface area contributed by atoms with E-state index in [2.05, 4.69) is 19.1 Å². The van der Waals surface area contributed by atoms with Crippen molar-refractivity contribution < 1.29 is 4.74 Å². The molecule has 0 saturated carbocycles. The van der Waals surface area contributed by atoms with Crippen LogP contribution in [0.15, 0.2) is 24.3 Å². The van der Waals surface area contributed by atoms with Gasteiger partial charge in [-0.05, 0) is 24.1 Å². The van der Waals surface area contributed by atoms with E-state index in [0.717, 1.165) is 18.6 Å². The van der Waals surface area contributed by atoms with Crippen LogP contribution in [-0.4, -0.2) is 19.7 Å².